The lowest BCUT2D eigenvalue weighted by Crippen LogP contribution is -2.32. The Labute approximate surface area is 184 Å². The molecular formula is C20H14F5N3O4S. The van der Waals surface area contributed by atoms with E-state index in [4.69, 9.17) is 5.21 Å². The smallest absolute Gasteiger partial charge is 0.274 e. The van der Waals surface area contributed by atoms with E-state index < -0.39 is 63.0 Å². The highest BCUT2D eigenvalue weighted by molar-refractivity contribution is 7.89. The maximum absolute atomic E-state index is 14.3. The normalized spacial score (nSPS) is 11.6. The maximum atomic E-state index is 14.3. The number of benzene rings is 2. The average Bonchev–Trinajstić information content (AvgIpc) is 2.80. The molecule has 1 amide bonds. The van der Waals surface area contributed by atoms with Crippen molar-refractivity contribution < 1.29 is 40.4 Å². The molecule has 1 aromatic heterocycles. The first-order valence-electron chi connectivity index (χ1n) is 9.01. The van der Waals surface area contributed by atoms with Crippen LogP contribution in [-0.4, -0.2) is 28.8 Å². The largest absolute Gasteiger partial charge is 0.288 e. The predicted octanol–water partition coefficient (Wildman–Crippen LogP) is 3.29. The van der Waals surface area contributed by atoms with Crippen LogP contribution in [0.3, 0.4) is 0 Å². The van der Waals surface area contributed by atoms with Crippen molar-refractivity contribution in [1.82, 2.24) is 14.8 Å². The molecule has 2 aromatic carbocycles. The fraction of sp³-hybridized carbons (Fsp3) is 0.100. The molecule has 0 saturated carbocycles. The van der Waals surface area contributed by atoms with Crippen molar-refractivity contribution in [2.45, 2.75) is 18.0 Å². The van der Waals surface area contributed by atoms with Gasteiger partial charge in [0.1, 0.15) is 10.7 Å². The minimum Gasteiger partial charge on any atom is -0.288 e. The van der Waals surface area contributed by atoms with Crippen LogP contribution in [-0.2, 0) is 23.1 Å². The summed E-state index contributed by atoms with van der Waals surface area (Å²) in [5.74, 6) is -10.0. The fourth-order valence-electron chi connectivity index (χ4n) is 2.81. The number of nitrogens with one attached hydrogen (secondary N) is 1. The summed E-state index contributed by atoms with van der Waals surface area (Å²) in [6, 6.07) is 7.28. The zero-order valence-corrected chi connectivity index (χ0v) is 17.2. The van der Waals surface area contributed by atoms with E-state index in [-0.39, 0.29) is 22.9 Å². The van der Waals surface area contributed by atoms with Gasteiger partial charge in [-0.2, -0.15) is 4.31 Å². The average molecular weight is 487 g/mol. The minimum absolute atomic E-state index is 0.0136. The maximum Gasteiger partial charge on any atom is 0.274 e. The highest BCUT2D eigenvalue weighted by Gasteiger charge is 2.32. The number of hydrogen-bond donors (Lipinski definition) is 2. The molecule has 2 N–H and O–H groups in total. The van der Waals surface area contributed by atoms with E-state index >= 15 is 0 Å². The fourth-order valence-corrected chi connectivity index (χ4v) is 4.28. The van der Waals surface area contributed by atoms with Gasteiger partial charge in [0, 0.05) is 18.2 Å². The molecular weight excluding hydrogens is 473 g/mol. The molecule has 3 aromatic rings. The number of carbonyl (C=O) groups is 1. The van der Waals surface area contributed by atoms with Crippen molar-refractivity contribution in [2.24, 2.45) is 0 Å². The zero-order chi connectivity index (χ0) is 24.3. The van der Waals surface area contributed by atoms with Gasteiger partial charge in [-0.25, -0.2) is 35.8 Å². The molecule has 3 rings (SSSR count). The third-order valence-corrected chi connectivity index (χ3v) is 6.28. The van der Waals surface area contributed by atoms with Gasteiger partial charge in [0.15, 0.2) is 23.3 Å². The highest BCUT2D eigenvalue weighted by atomic mass is 32.2. The van der Waals surface area contributed by atoms with Gasteiger partial charge in [-0.1, -0.05) is 12.1 Å². The summed E-state index contributed by atoms with van der Waals surface area (Å²) in [5.41, 5.74) is 1.71. The standard InChI is InChI=1S/C20H14F5N3O4S/c21-13-5-6-14(26-8-13)10-28(9-11-1-3-12(4-2-11)20(29)27-30)33(31,32)16-7-15(22)17(23)19(25)18(16)24/h1-8,30H,9-10H2,(H,27,29). The van der Waals surface area contributed by atoms with E-state index in [1.807, 2.05) is 0 Å². The SMILES string of the molecule is O=C(NO)c1ccc(CN(Cc2ccc(F)cn2)S(=O)(=O)c2cc(F)c(F)c(F)c2F)cc1. The first-order valence-corrected chi connectivity index (χ1v) is 10.5. The molecule has 0 spiro atoms. The third-order valence-electron chi connectivity index (χ3n) is 4.49. The molecule has 0 atom stereocenters. The van der Waals surface area contributed by atoms with Crippen LogP contribution in [0.2, 0.25) is 0 Å². The Morgan fingerprint density at radius 1 is 0.939 bits per heavy atom. The van der Waals surface area contributed by atoms with Gasteiger partial charge < -0.3 is 0 Å². The summed E-state index contributed by atoms with van der Waals surface area (Å²) in [7, 11) is -4.97. The second-order valence-corrected chi connectivity index (χ2v) is 8.58. The van der Waals surface area contributed by atoms with Crippen LogP contribution < -0.4 is 5.48 Å². The Hall–Kier alpha value is -3.42. The number of carbonyl (C=O) groups excluding carboxylic acids is 1. The first kappa shape index (κ1) is 24.2. The minimum atomic E-state index is -4.97. The number of nitrogens with zero attached hydrogens (tertiary/aromatic N) is 2. The molecule has 13 heteroatoms. The molecule has 0 aliphatic rings. The van der Waals surface area contributed by atoms with E-state index in [1.165, 1.54) is 29.7 Å². The summed E-state index contributed by atoms with van der Waals surface area (Å²) in [5, 5.41) is 8.67. The molecule has 0 radical (unpaired) electrons. The number of aromatic nitrogens is 1. The van der Waals surface area contributed by atoms with Crippen molar-refractivity contribution >= 4 is 15.9 Å². The monoisotopic (exact) mass is 487 g/mol. The number of hydrogen-bond acceptors (Lipinski definition) is 5. The number of hydroxylamine groups is 1. The zero-order valence-electron chi connectivity index (χ0n) is 16.4. The highest BCUT2D eigenvalue weighted by Crippen LogP contribution is 2.27. The van der Waals surface area contributed by atoms with Crippen LogP contribution in [0.15, 0.2) is 53.6 Å². The van der Waals surface area contributed by atoms with Gasteiger partial charge in [0.2, 0.25) is 10.0 Å². The van der Waals surface area contributed by atoms with Crippen molar-refractivity contribution in [3.8, 4) is 0 Å². The number of halogens is 5. The number of amides is 1. The molecule has 0 unspecified atom stereocenters. The van der Waals surface area contributed by atoms with Gasteiger partial charge in [-0.05, 0) is 29.8 Å². The second kappa shape index (κ2) is 9.60. The molecule has 33 heavy (non-hydrogen) atoms. The summed E-state index contributed by atoms with van der Waals surface area (Å²) < 4.78 is 95.0. The summed E-state index contributed by atoms with van der Waals surface area (Å²) in [6.45, 7) is -1.07. The molecule has 1 heterocycles. The van der Waals surface area contributed by atoms with E-state index in [2.05, 4.69) is 4.98 Å². The van der Waals surface area contributed by atoms with Crippen LogP contribution in [0, 0.1) is 29.1 Å². The summed E-state index contributed by atoms with van der Waals surface area (Å²) >= 11 is 0. The van der Waals surface area contributed by atoms with Crippen molar-refractivity contribution in [1.29, 1.82) is 0 Å². The van der Waals surface area contributed by atoms with Gasteiger partial charge in [-0.15, -0.1) is 0 Å². The topological polar surface area (TPSA) is 99.6 Å². The summed E-state index contributed by atoms with van der Waals surface area (Å²) in [4.78, 5) is 13.7. The number of sulfonamides is 1. The molecule has 0 saturated heterocycles. The van der Waals surface area contributed by atoms with Crippen LogP contribution in [0.5, 0.6) is 0 Å². The predicted molar refractivity (Wildman–Crippen MR) is 103 cm³/mol. The van der Waals surface area contributed by atoms with Crippen LogP contribution in [0.25, 0.3) is 0 Å². The Morgan fingerprint density at radius 3 is 2.18 bits per heavy atom. The van der Waals surface area contributed by atoms with Crippen LogP contribution in [0.4, 0.5) is 22.0 Å². The second-order valence-electron chi connectivity index (χ2n) is 6.68. The van der Waals surface area contributed by atoms with Gasteiger partial charge >= 0.3 is 0 Å². The summed E-state index contributed by atoms with van der Waals surface area (Å²) in [6.07, 6.45) is 0.806. The molecule has 0 bridgehead atoms. The van der Waals surface area contributed by atoms with Crippen molar-refractivity contribution in [3.05, 3.63) is 94.6 Å². The van der Waals surface area contributed by atoms with E-state index in [1.54, 1.807) is 0 Å². The number of pyridine rings is 1. The lowest BCUT2D eigenvalue weighted by atomic mass is 10.1. The van der Waals surface area contributed by atoms with E-state index in [0.29, 0.717) is 4.31 Å². The van der Waals surface area contributed by atoms with E-state index in [0.717, 1.165) is 18.3 Å². The van der Waals surface area contributed by atoms with Crippen LogP contribution >= 0.6 is 0 Å². The van der Waals surface area contributed by atoms with Gasteiger partial charge in [-0.3, -0.25) is 15.0 Å². The Bertz CT molecular complexity index is 1290. The first-order chi connectivity index (χ1) is 15.5. The molecule has 7 nitrogen and oxygen atoms in total. The van der Waals surface area contributed by atoms with Gasteiger partial charge in [0.25, 0.3) is 5.91 Å². The number of rotatable bonds is 7. The Kier molecular flexibility index (Phi) is 7.05. The van der Waals surface area contributed by atoms with Gasteiger partial charge in [0.05, 0.1) is 18.4 Å². The lowest BCUT2D eigenvalue weighted by molar-refractivity contribution is 0.0706. The van der Waals surface area contributed by atoms with Crippen molar-refractivity contribution in [3.63, 3.8) is 0 Å². The molecule has 0 aliphatic heterocycles. The Morgan fingerprint density at radius 2 is 1.61 bits per heavy atom. The third kappa shape index (κ3) is 5.16. The molecule has 0 aliphatic carbocycles. The molecule has 174 valence electrons. The lowest BCUT2D eigenvalue weighted by Gasteiger charge is -2.23. The Balaban J connectivity index is 2.04. The van der Waals surface area contributed by atoms with Crippen molar-refractivity contribution in [2.75, 3.05) is 0 Å². The molecule has 0 fully saturated rings. The van der Waals surface area contributed by atoms with Crippen LogP contribution in [0.1, 0.15) is 21.6 Å². The van der Waals surface area contributed by atoms with E-state index in [9.17, 15) is 35.2 Å². The quantitative estimate of drug-likeness (QED) is 0.175.